The minimum absolute atomic E-state index is 0.477. The summed E-state index contributed by atoms with van der Waals surface area (Å²) in [5, 5.41) is 3.46. The summed E-state index contributed by atoms with van der Waals surface area (Å²) in [6, 6.07) is 2.27. The van der Waals surface area contributed by atoms with Gasteiger partial charge in [-0.3, -0.25) is 0 Å². The van der Waals surface area contributed by atoms with Gasteiger partial charge in [0.25, 0.3) is 0 Å². The summed E-state index contributed by atoms with van der Waals surface area (Å²) in [5.41, 5.74) is 0. The zero-order chi connectivity index (χ0) is 13.0. The average molecular weight is 249 g/mol. The maximum Gasteiger partial charge on any atom is 0.226 e. The van der Waals surface area contributed by atoms with E-state index in [2.05, 4.69) is 29.1 Å². The molecule has 4 heteroatoms. The summed E-state index contributed by atoms with van der Waals surface area (Å²) in [4.78, 5) is 8.64. The van der Waals surface area contributed by atoms with Crippen molar-refractivity contribution in [1.82, 2.24) is 9.97 Å². The Labute approximate surface area is 109 Å². The lowest BCUT2D eigenvalue weighted by atomic mass is 9.78. The number of rotatable bonds is 4. The van der Waals surface area contributed by atoms with Crippen LogP contribution >= 0.6 is 0 Å². The molecule has 100 valence electrons. The Bertz CT molecular complexity index is 383. The van der Waals surface area contributed by atoms with Crippen LogP contribution in [0, 0.1) is 11.8 Å². The van der Waals surface area contributed by atoms with Gasteiger partial charge in [0.05, 0.1) is 6.61 Å². The normalized spacial score (nSPS) is 27.8. The van der Waals surface area contributed by atoms with E-state index in [0.717, 1.165) is 5.92 Å². The third kappa shape index (κ3) is 3.12. The highest BCUT2D eigenvalue weighted by atomic mass is 16.5. The second-order valence-corrected chi connectivity index (χ2v) is 5.17. The topological polar surface area (TPSA) is 47.0 Å². The molecular formula is C14H23N3O. The molecule has 1 fully saturated rings. The predicted octanol–water partition coefficient (Wildman–Crippen LogP) is 3.11. The molecule has 0 saturated heterocycles. The Kier molecular flexibility index (Phi) is 4.39. The van der Waals surface area contributed by atoms with Gasteiger partial charge in [-0.05, 0) is 25.2 Å². The van der Waals surface area contributed by atoms with Crippen LogP contribution in [0.1, 0.15) is 40.0 Å². The van der Waals surface area contributed by atoms with Crippen molar-refractivity contribution in [2.75, 3.05) is 11.9 Å². The number of nitrogens with zero attached hydrogens (tertiary/aromatic N) is 2. The number of hydrogen-bond acceptors (Lipinski definition) is 4. The molecule has 3 unspecified atom stereocenters. The van der Waals surface area contributed by atoms with E-state index in [1.54, 1.807) is 12.3 Å². The van der Waals surface area contributed by atoms with Gasteiger partial charge < -0.3 is 10.1 Å². The molecule has 1 aromatic heterocycles. The summed E-state index contributed by atoms with van der Waals surface area (Å²) in [5.74, 6) is 2.77. The van der Waals surface area contributed by atoms with E-state index >= 15 is 0 Å². The van der Waals surface area contributed by atoms with Crippen LogP contribution in [0.3, 0.4) is 0 Å². The Hall–Kier alpha value is -1.32. The van der Waals surface area contributed by atoms with Crippen LogP contribution in [0.15, 0.2) is 12.3 Å². The molecule has 0 bridgehead atoms. The molecule has 1 aromatic rings. The first-order chi connectivity index (χ1) is 8.70. The van der Waals surface area contributed by atoms with Crippen molar-refractivity contribution in [3.05, 3.63) is 12.3 Å². The van der Waals surface area contributed by atoms with Crippen molar-refractivity contribution in [2.45, 2.75) is 46.1 Å². The molecule has 0 aromatic carbocycles. The molecule has 0 aliphatic heterocycles. The minimum Gasteiger partial charge on any atom is -0.478 e. The van der Waals surface area contributed by atoms with Crippen molar-refractivity contribution >= 4 is 5.95 Å². The van der Waals surface area contributed by atoms with Crippen molar-refractivity contribution < 1.29 is 4.74 Å². The van der Waals surface area contributed by atoms with E-state index < -0.39 is 0 Å². The first-order valence-electron chi connectivity index (χ1n) is 6.93. The lowest BCUT2D eigenvalue weighted by molar-refractivity contribution is 0.252. The van der Waals surface area contributed by atoms with Gasteiger partial charge in [-0.25, -0.2) is 4.98 Å². The molecule has 0 radical (unpaired) electrons. The molecule has 0 amide bonds. The molecule has 1 saturated carbocycles. The monoisotopic (exact) mass is 249 g/mol. The molecule has 1 N–H and O–H groups in total. The van der Waals surface area contributed by atoms with Gasteiger partial charge in [0, 0.05) is 18.3 Å². The van der Waals surface area contributed by atoms with E-state index in [4.69, 9.17) is 4.74 Å². The van der Waals surface area contributed by atoms with Crippen LogP contribution in [0.4, 0.5) is 5.95 Å². The summed E-state index contributed by atoms with van der Waals surface area (Å²) in [6.45, 7) is 7.23. The second kappa shape index (κ2) is 6.03. The van der Waals surface area contributed by atoms with Gasteiger partial charge in [0.2, 0.25) is 11.8 Å². The third-order valence-electron chi connectivity index (χ3n) is 3.94. The molecule has 1 aliphatic rings. The van der Waals surface area contributed by atoms with Gasteiger partial charge in [-0.1, -0.05) is 26.7 Å². The van der Waals surface area contributed by atoms with Gasteiger partial charge in [-0.2, -0.15) is 4.98 Å². The fraction of sp³-hybridized carbons (Fsp3) is 0.714. The first-order valence-corrected chi connectivity index (χ1v) is 6.93. The van der Waals surface area contributed by atoms with Crippen molar-refractivity contribution in [3.8, 4) is 5.88 Å². The zero-order valence-electron chi connectivity index (χ0n) is 11.5. The number of ether oxygens (including phenoxy) is 1. The van der Waals surface area contributed by atoms with E-state index in [1.807, 2.05) is 6.92 Å². The highest BCUT2D eigenvalue weighted by Crippen LogP contribution is 2.31. The summed E-state index contributed by atoms with van der Waals surface area (Å²) >= 11 is 0. The Balaban J connectivity index is 2.01. The van der Waals surface area contributed by atoms with Crippen LogP contribution in [-0.2, 0) is 0 Å². The highest BCUT2D eigenvalue weighted by molar-refractivity contribution is 5.29. The summed E-state index contributed by atoms with van der Waals surface area (Å²) in [7, 11) is 0. The molecule has 1 heterocycles. The first kappa shape index (κ1) is 13.1. The predicted molar refractivity (Wildman–Crippen MR) is 72.8 cm³/mol. The fourth-order valence-corrected chi connectivity index (χ4v) is 2.59. The van der Waals surface area contributed by atoms with Gasteiger partial charge in [0.1, 0.15) is 0 Å². The van der Waals surface area contributed by atoms with Crippen LogP contribution in [0.5, 0.6) is 5.88 Å². The van der Waals surface area contributed by atoms with Crippen LogP contribution in [-0.4, -0.2) is 22.6 Å². The number of hydrogen-bond donors (Lipinski definition) is 1. The maximum absolute atomic E-state index is 5.39. The SMILES string of the molecule is CCOc1ccnc(NC2CCCC(C)C2C)n1. The van der Waals surface area contributed by atoms with Crippen molar-refractivity contribution in [2.24, 2.45) is 11.8 Å². The third-order valence-corrected chi connectivity index (χ3v) is 3.94. The van der Waals surface area contributed by atoms with Crippen molar-refractivity contribution in [1.29, 1.82) is 0 Å². The molecule has 4 nitrogen and oxygen atoms in total. The Morgan fingerprint density at radius 2 is 2.22 bits per heavy atom. The van der Waals surface area contributed by atoms with Crippen molar-refractivity contribution in [3.63, 3.8) is 0 Å². The minimum atomic E-state index is 0.477. The van der Waals surface area contributed by atoms with E-state index in [0.29, 0.717) is 30.4 Å². The maximum atomic E-state index is 5.39. The number of aromatic nitrogens is 2. The van der Waals surface area contributed by atoms with Gasteiger partial charge >= 0.3 is 0 Å². The van der Waals surface area contributed by atoms with E-state index in [-0.39, 0.29) is 0 Å². The number of anilines is 1. The molecule has 1 aliphatic carbocycles. The lowest BCUT2D eigenvalue weighted by Gasteiger charge is -2.34. The molecule has 18 heavy (non-hydrogen) atoms. The molecule has 0 spiro atoms. The Morgan fingerprint density at radius 1 is 1.39 bits per heavy atom. The Morgan fingerprint density at radius 3 is 3.00 bits per heavy atom. The smallest absolute Gasteiger partial charge is 0.226 e. The van der Waals surface area contributed by atoms with Crippen LogP contribution in [0.25, 0.3) is 0 Å². The van der Waals surface area contributed by atoms with Crippen LogP contribution < -0.4 is 10.1 Å². The second-order valence-electron chi connectivity index (χ2n) is 5.17. The molecule has 3 atom stereocenters. The summed E-state index contributed by atoms with van der Waals surface area (Å²) < 4.78 is 5.39. The number of nitrogens with one attached hydrogen (secondary N) is 1. The molecule has 2 rings (SSSR count). The molecular weight excluding hydrogens is 226 g/mol. The fourth-order valence-electron chi connectivity index (χ4n) is 2.59. The highest BCUT2D eigenvalue weighted by Gasteiger charge is 2.27. The van der Waals surface area contributed by atoms with Crippen LogP contribution in [0.2, 0.25) is 0 Å². The van der Waals surface area contributed by atoms with Gasteiger partial charge in [-0.15, -0.1) is 0 Å². The summed E-state index contributed by atoms with van der Waals surface area (Å²) in [6.07, 6.45) is 5.57. The van der Waals surface area contributed by atoms with E-state index in [9.17, 15) is 0 Å². The quantitative estimate of drug-likeness (QED) is 0.890. The average Bonchev–Trinajstić information content (AvgIpc) is 2.36. The standard InChI is InChI=1S/C14H23N3O/c1-4-18-13-8-9-15-14(17-13)16-12-7-5-6-10(2)11(12)3/h8-12H,4-7H2,1-3H3,(H,15,16,17). The van der Waals surface area contributed by atoms with E-state index in [1.165, 1.54) is 19.3 Å². The van der Waals surface area contributed by atoms with Gasteiger partial charge in [0.15, 0.2) is 0 Å². The zero-order valence-corrected chi connectivity index (χ0v) is 11.5. The largest absolute Gasteiger partial charge is 0.478 e. The lowest BCUT2D eigenvalue weighted by Crippen LogP contribution is -2.35.